The van der Waals surface area contributed by atoms with Gasteiger partial charge in [-0.25, -0.2) is 0 Å². The first-order valence-corrected chi connectivity index (χ1v) is 8.76. The quantitative estimate of drug-likeness (QED) is 0.622. The predicted octanol–water partition coefficient (Wildman–Crippen LogP) is 5.48. The highest BCUT2D eigenvalue weighted by Crippen LogP contribution is 2.62. The van der Waals surface area contributed by atoms with Crippen molar-refractivity contribution >= 4 is 6.29 Å². The van der Waals surface area contributed by atoms with Crippen LogP contribution < -0.4 is 0 Å². The van der Waals surface area contributed by atoms with E-state index in [0.29, 0.717) is 10.8 Å². The fourth-order valence-corrected chi connectivity index (χ4v) is 5.74. The van der Waals surface area contributed by atoms with Crippen molar-refractivity contribution in [2.45, 2.75) is 79.6 Å². The van der Waals surface area contributed by atoms with Crippen molar-refractivity contribution in [1.29, 1.82) is 0 Å². The molecule has 116 valence electrons. The molecule has 2 rings (SSSR count). The van der Waals surface area contributed by atoms with Gasteiger partial charge in [-0.3, -0.25) is 0 Å². The molecule has 0 aromatic carbocycles. The molecule has 0 aliphatic heterocycles. The van der Waals surface area contributed by atoms with Crippen LogP contribution in [0, 0.1) is 34.5 Å². The summed E-state index contributed by atoms with van der Waals surface area (Å²) >= 11 is 0. The van der Waals surface area contributed by atoms with Gasteiger partial charge in [0.2, 0.25) is 0 Å². The summed E-state index contributed by atoms with van der Waals surface area (Å²) in [6, 6.07) is 0. The van der Waals surface area contributed by atoms with Gasteiger partial charge in [0.25, 0.3) is 0 Å². The smallest absolute Gasteiger partial charge is 0.122 e. The third-order valence-electron chi connectivity index (χ3n) is 6.89. The Morgan fingerprint density at radius 2 is 1.90 bits per heavy atom. The van der Waals surface area contributed by atoms with Crippen molar-refractivity contribution in [2.75, 3.05) is 0 Å². The standard InChI is InChI=1S/C19H34O/c1-14(13-20)7-9-16-15(2)8-10-17-18(3,4)11-6-12-19(16,17)5/h13-17H,6-12H2,1-5H3/t14-,15?,16+,17+,19-/m1/s1. The number of aldehydes is 1. The van der Waals surface area contributed by atoms with Gasteiger partial charge >= 0.3 is 0 Å². The zero-order valence-corrected chi connectivity index (χ0v) is 14.2. The predicted molar refractivity (Wildman–Crippen MR) is 85.6 cm³/mol. The Morgan fingerprint density at radius 3 is 2.55 bits per heavy atom. The topological polar surface area (TPSA) is 17.1 Å². The molecule has 1 heteroatoms. The maximum absolute atomic E-state index is 10.9. The van der Waals surface area contributed by atoms with E-state index < -0.39 is 0 Å². The van der Waals surface area contributed by atoms with Gasteiger partial charge in [-0.05, 0) is 60.7 Å². The summed E-state index contributed by atoms with van der Waals surface area (Å²) in [6.07, 6.45) is 10.5. The zero-order valence-electron chi connectivity index (χ0n) is 14.2. The van der Waals surface area contributed by atoms with E-state index in [4.69, 9.17) is 0 Å². The lowest BCUT2D eigenvalue weighted by Crippen LogP contribution is -2.51. The molecule has 0 heterocycles. The van der Waals surface area contributed by atoms with E-state index in [2.05, 4.69) is 34.6 Å². The fourth-order valence-electron chi connectivity index (χ4n) is 5.74. The van der Waals surface area contributed by atoms with Crippen LogP contribution in [0.3, 0.4) is 0 Å². The van der Waals surface area contributed by atoms with Crippen LogP contribution in [-0.4, -0.2) is 6.29 Å². The Bertz CT molecular complexity index is 346. The maximum Gasteiger partial charge on any atom is 0.122 e. The molecule has 0 bridgehead atoms. The molecular weight excluding hydrogens is 244 g/mol. The second-order valence-corrected chi connectivity index (χ2v) is 8.75. The van der Waals surface area contributed by atoms with E-state index in [1.54, 1.807) is 0 Å². The number of fused-ring (bicyclic) bond motifs is 1. The lowest BCUT2D eigenvalue weighted by Gasteiger charge is -2.59. The van der Waals surface area contributed by atoms with E-state index in [0.717, 1.165) is 30.5 Å². The van der Waals surface area contributed by atoms with Gasteiger partial charge in [0, 0.05) is 5.92 Å². The third-order valence-corrected chi connectivity index (χ3v) is 6.89. The molecule has 20 heavy (non-hydrogen) atoms. The highest BCUT2D eigenvalue weighted by atomic mass is 16.1. The molecule has 2 fully saturated rings. The van der Waals surface area contributed by atoms with Crippen LogP contribution in [0.5, 0.6) is 0 Å². The Kier molecular flexibility index (Phi) is 4.66. The van der Waals surface area contributed by atoms with Gasteiger partial charge < -0.3 is 4.79 Å². The number of hydrogen-bond acceptors (Lipinski definition) is 1. The summed E-state index contributed by atoms with van der Waals surface area (Å²) < 4.78 is 0. The first-order chi connectivity index (χ1) is 9.31. The number of carbonyl (C=O) groups is 1. The minimum atomic E-state index is 0.239. The van der Waals surface area contributed by atoms with E-state index in [1.165, 1.54) is 38.5 Å². The molecule has 0 aromatic rings. The number of hydrogen-bond donors (Lipinski definition) is 0. The normalized spacial score (nSPS) is 41.8. The van der Waals surface area contributed by atoms with E-state index in [-0.39, 0.29) is 5.92 Å². The van der Waals surface area contributed by atoms with Gasteiger partial charge in [0.1, 0.15) is 6.29 Å². The molecule has 0 N–H and O–H groups in total. The summed E-state index contributed by atoms with van der Waals surface area (Å²) in [5, 5.41) is 0. The average Bonchev–Trinajstić information content (AvgIpc) is 2.36. The van der Waals surface area contributed by atoms with E-state index in [9.17, 15) is 4.79 Å². The molecule has 0 spiro atoms. The van der Waals surface area contributed by atoms with Gasteiger partial charge in [0.05, 0.1) is 0 Å². The molecular formula is C19H34O. The molecule has 2 aliphatic carbocycles. The molecule has 5 atom stereocenters. The van der Waals surface area contributed by atoms with E-state index >= 15 is 0 Å². The Labute approximate surface area is 125 Å². The second-order valence-electron chi connectivity index (χ2n) is 8.75. The average molecular weight is 278 g/mol. The molecule has 1 unspecified atom stereocenters. The van der Waals surface area contributed by atoms with Gasteiger partial charge in [-0.15, -0.1) is 0 Å². The number of carbonyl (C=O) groups excluding carboxylic acids is 1. The minimum absolute atomic E-state index is 0.239. The van der Waals surface area contributed by atoms with Crippen molar-refractivity contribution < 1.29 is 4.79 Å². The van der Waals surface area contributed by atoms with Crippen LogP contribution >= 0.6 is 0 Å². The fraction of sp³-hybridized carbons (Fsp3) is 0.947. The van der Waals surface area contributed by atoms with Crippen molar-refractivity contribution in [3.63, 3.8) is 0 Å². The lowest BCUT2D eigenvalue weighted by atomic mass is 9.46. The summed E-state index contributed by atoms with van der Waals surface area (Å²) in [4.78, 5) is 10.9. The molecule has 1 nitrogen and oxygen atoms in total. The van der Waals surface area contributed by atoms with Gasteiger partial charge in [-0.2, -0.15) is 0 Å². The highest BCUT2D eigenvalue weighted by molar-refractivity contribution is 5.52. The summed E-state index contributed by atoms with van der Waals surface area (Å²) in [7, 11) is 0. The van der Waals surface area contributed by atoms with Crippen LogP contribution in [0.15, 0.2) is 0 Å². The van der Waals surface area contributed by atoms with Crippen LogP contribution in [0.2, 0.25) is 0 Å². The maximum atomic E-state index is 10.9. The van der Waals surface area contributed by atoms with Crippen molar-refractivity contribution in [3.8, 4) is 0 Å². The van der Waals surface area contributed by atoms with Crippen LogP contribution in [0.1, 0.15) is 79.6 Å². The van der Waals surface area contributed by atoms with Crippen molar-refractivity contribution in [1.82, 2.24) is 0 Å². The van der Waals surface area contributed by atoms with Crippen molar-refractivity contribution in [3.05, 3.63) is 0 Å². The Morgan fingerprint density at radius 1 is 1.20 bits per heavy atom. The molecule has 2 saturated carbocycles. The van der Waals surface area contributed by atoms with Crippen molar-refractivity contribution in [2.24, 2.45) is 34.5 Å². The zero-order chi connectivity index (χ0) is 15.0. The SMILES string of the molecule is CC1CC[C@H]2C(C)(C)CCC[C@]2(C)[C@H]1CC[C@@H](C)C=O. The minimum Gasteiger partial charge on any atom is -0.303 e. The third kappa shape index (κ3) is 2.83. The van der Waals surface area contributed by atoms with Gasteiger partial charge in [0.15, 0.2) is 0 Å². The molecule has 0 radical (unpaired) electrons. The molecule has 0 saturated heterocycles. The van der Waals surface area contributed by atoms with Gasteiger partial charge in [-0.1, -0.05) is 47.5 Å². The summed E-state index contributed by atoms with van der Waals surface area (Å²) in [5.74, 6) is 2.78. The highest BCUT2D eigenvalue weighted by Gasteiger charge is 2.53. The monoisotopic (exact) mass is 278 g/mol. The largest absolute Gasteiger partial charge is 0.303 e. The molecule has 0 amide bonds. The lowest BCUT2D eigenvalue weighted by molar-refractivity contribution is -0.112. The first kappa shape index (κ1) is 16.0. The first-order valence-electron chi connectivity index (χ1n) is 8.76. The Balaban J connectivity index is 2.17. The van der Waals surface area contributed by atoms with Crippen LogP contribution in [0.4, 0.5) is 0 Å². The van der Waals surface area contributed by atoms with E-state index in [1.807, 2.05) is 0 Å². The summed E-state index contributed by atoms with van der Waals surface area (Å²) in [5.41, 5.74) is 1.03. The Hall–Kier alpha value is -0.330. The number of rotatable bonds is 4. The van der Waals surface area contributed by atoms with Crippen LogP contribution in [0.25, 0.3) is 0 Å². The summed E-state index contributed by atoms with van der Waals surface area (Å²) in [6.45, 7) is 12.1. The molecule has 2 aliphatic rings. The second kappa shape index (κ2) is 5.81. The molecule has 0 aromatic heterocycles. The van der Waals surface area contributed by atoms with Crippen LogP contribution in [-0.2, 0) is 4.79 Å².